The highest BCUT2D eigenvalue weighted by Gasteiger charge is 2.21. The number of hydrogen-bond acceptors (Lipinski definition) is 3. The fraction of sp³-hybridized carbons (Fsp3) is 0.0769. The van der Waals surface area contributed by atoms with Gasteiger partial charge in [-0.3, -0.25) is 4.72 Å². The summed E-state index contributed by atoms with van der Waals surface area (Å²) in [6, 6.07) is 7.36. The Kier molecular flexibility index (Phi) is 4.60. The molecule has 0 heterocycles. The quantitative estimate of drug-likeness (QED) is 0.711. The van der Waals surface area contributed by atoms with Gasteiger partial charge in [0, 0.05) is 8.95 Å². The van der Waals surface area contributed by atoms with E-state index in [-0.39, 0.29) is 15.1 Å². The molecule has 112 valence electrons. The molecule has 0 radical (unpaired) electrons. The van der Waals surface area contributed by atoms with Gasteiger partial charge in [0.25, 0.3) is 10.0 Å². The minimum atomic E-state index is -3.90. The van der Waals surface area contributed by atoms with Crippen LogP contribution in [-0.4, -0.2) is 8.42 Å². The Morgan fingerprint density at radius 3 is 2.48 bits per heavy atom. The SMILES string of the molecule is Cc1ccc(Br)c(NS(=O)(=O)c2cc(N)c(F)cc2Br)c1. The number of benzene rings is 2. The molecule has 8 heteroatoms. The van der Waals surface area contributed by atoms with Crippen molar-refractivity contribution in [1.82, 2.24) is 0 Å². The summed E-state index contributed by atoms with van der Waals surface area (Å²) in [5.41, 5.74) is 6.49. The van der Waals surface area contributed by atoms with Crippen molar-refractivity contribution in [2.24, 2.45) is 0 Å². The average Bonchev–Trinajstić information content (AvgIpc) is 2.37. The largest absolute Gasteiger partial charge is 0.396 e. The van der Waals surface area contributed by atoms with Crippen LogP contribution in [0.2, 0.25) is 0 Å². The monoisotopic (exact) mass is 436 g/mol. The molecule has 0 fully saturated rings. The molecule has 0 unspecified atom stereocenters. The summed E-state index contributed by atoms with van der Waals surface area (Å²) in [5.74, 6) is -0.683. The van der Waals surface area contributed by atoms with E-state index in [2.05, 4.69) is 36.6 Å². The molecule has 4 nitrogen and oxygen atoms in total. The van der Waals surface area contributed by atoms with Crippen LogP contribution in [0.15, 0.2) is 44.2 Å². The Morgan fingerprint density at radius 2 is 1.81 bits per heavy atom. The van der Waals surface area contributed by atoms with Crippen LogP contribution in [0.1, 0.15) is 5.56 Å². The summed E-state index contributed by atoms with van der Waals surface area (Å²) in [6.45, 7) is 1.84. The topological polar surface area (TPSA) is 72.2 Å². The van der Waals surface area contributed by atoms with Crippen LogP contribution >= 0.6 is 31.9 Å². The van der Waals surface area contributed by atoms with Gasteiger partial charge in [-0.2, -0.15) is 0 Å². The zero-order valence-corrected chi connectivity index (χ0v) is 14.8. The van der Waals surface area contributed by atoms with Crippen LogP contribution in [0.5, 0.6) is 0 Å². The van der Waals surface area contributed by atoms with Crippen molar-refractivity contribution in [2.45, 2.75) is 11.8 Å². The second-order valence-electron chi connectivity index (χ2n) is 4.39. The number of nitrogens with two attached hydrogens (primary N) is 1. The van der Waals surface area contributed by atoms with Gasteiger partial charge >= 0.3 is 0 Å². The number of halogens is 3. The first-order valence-electron chi connectivity index (χ1n) is 5.74. The van der Waals surface area contributed by atoms with Gasteiger partial charge in [0.2, 0.25) is 0 Å². The second-order valence-corrected chi connectivity index (χ2v) is 7.75. The first-order chi connectivity index (χ1) is 9.70. The maximum absolute atomic E-state index is 13.3. The Balaban J connectivity index is 2.48. The van der Waals surface area contributed by atoms with E-state index in [1.54, 1.807) is 12.1 Å². The molecule has 0 saturated carbocycles. The minimum Gasteiger partial charge on any atom is -0.396 e. The van der Waals surface area contributed by atoms with E-state index >= 15 is 0 Å². The average molecular weight is 438 g/mol. The normalized spacial score (nSPS) is 11.4. The minimum absolute atomic E-state index is 0.102. The molecule has 0 atom stereocenters. The van der Waals surface area contributed by atoms with Gasteiger partial charge < -0.3 is 5.73 Å². The molecule has 0 aromatic heterocycles. The highest BCUT2D eigenvalue weighted by molar-refractivity contribution is 9.11. The van der Waals surface area contributed by atoms with Crippen molar-refractivity contribution in [3.05, 3.63) is 50.7 Å². The molecular formula is C13H11Br2FN2O2S. The van der Waals surface area contributed by atoms with E-state index in [0.717, 1.165) is 17.7 Å². The fourth-order valence-corrected chi connectivity index (χ4v) is 4.27. The van der Waals surface area contributed by atoms with Crippen LogP contribution in [0.4, 0.5) is 15.8 Å². The number of hydrogen-bond donors (Lipinski definition) is 2. The molecule has 0 bridgehead atoms. The van der Waals surface area contributed by atoms with E-state index in [9.17, 15) is 12.8 Å². The van der Waals surface area contributed by atoms with Gasteiger partial charge in [0.05, 0.1) is 11.4 Å². The van der Waals surface area contributed by atoms with Gasteiger partial charge in [0.1, 0.15) is 10.7 Å². The summed E-state index contributed by atoms with van der Waals surface area (Å²) in [5, 5.41) is 0. The van der Waals surface area contributed by atoms with Crippen LogP contribution in [-0.2, 0) is 10.0 Å². The van der Waals surface area contributed by atoms with E-state index in [1.165, 1.54) is 0 Å². The molecule has 0 spiro atoms. The molecule has 21 heavy (non-hydrogen) atoms. The van der Waals surface area contributed by atoms with E-state index in [4.69, 9.17) is 5.73 Å². The number of rotatable bonds is 3. The third-order valence-electron chi connectivity index (χ3n) is 2.71. The zero-order valence-electron chi connectivity index (χ0n) is 10.8. The summed E-state index contributed by atoms with van der Waals surface area (Å²) >= 11 is 6.31. The fourth-order valence-electron chi connectivity index (χ4n) is 1.67. The van der Waals surface area contributed by atoms with Crippen molar-refractivity contribution >= 4 is 53.3 Å². The first-order valence-corrected chi connectivity index (χ1v) is 8.81. The molecule has 0 saturated heterocycles. The van der Waals surface area contributed by atoms with Crippen LogP contribution in [0, 0.1) is 12.7 Å². The summed E-state index contributed by atoms with van der Waals surface area (Å²) in [4.78, 5) is -0.130. The lowest BCUT2D eigenvalue weighted by Gasteiger charge is -2.12. The standard InChI is InChI=1S/C13H11Br2FN2O2S/c1-7-2-3-8(14)12(4-7)18-21(19,20)13-6-11(17)10(16)5-9(13)15/h2-6,18H,17H2,1H3. The van der Waals surface area contributed by atoms with Crippen LogP contribution < -0.4 is 10.5 Å². The lowest BCUT2D eigenvalue weighted by atomic mass is 10.2. The van der Waals surface area contributed by atoms with E-state index in [1.807, 2.05) is 13.0 Å². The highest BCUT2D eigenvalue weighted by atomic mass is 79.9. The predicted octanol–water partition coefficient (Wildman–Crippen LogP) is 4.04. The van der Waals surface area contributed by atoms with Crippen molar-refractivity contribution in [3.63, 3.8) is 0 Å². The van der Waals surface area contributed by atoms with Crippen LogP contribution in [0.3, 0.4) is 0 Å². The molecule has 0 amide bonds. The predicted molar refractivity (Wildman–Crippen MR) is 88.2 cm³/mol. The Hall–Kier alpha value is -1.12. The van der Waals surface area contributed by atoms with Gasteiger partial charge in [-0.1, -0.05) is 6.07 Å². The Bertz CT molecular complexity index is 810. The molecule has 3 N–H and O–H groups in total. The maximum atomic E-state index is 13.3. The van der Waals surface area contributed by atoms with E-state index in [0.29, 0.717) is 10.2 Å². The Labute approximate surface area is 138 Å². The molecule has 0 aliphatic rings. The smallest absolute Gasteiger partial charge is 0.263 e. The van der Waals surface area contributed by atoms with Crippen molar-refractivity contribution in [3.8, 4) is 0 Å². The second kappa shape index (κ2) is 5.94. The molecule has 2 aromatic rings. The number of anilines is 2. The summed E-state index contributed by atoms with van der Waals surface area (Å²) in [6.07, 6.45) is 0. The van der Waals surface area contributed by atoms with Crippen molar-refractivity contribution in [1.29, 1.82) is 0 Å². The van der Waals surface area contributed by atoms with Gasteiger partial charge in [-0.15, -0.1) is 0 Å². The lowest BCUT2D eigenvalue weighted by Crippen LogP contribution is -2.14. The number of nitrogens with one attached hydrogen (secondary N) is 1. The lowest BCUT2D eigenvalue weighted by molar-refractivity contribution is 0.599. The van der Waals surface area contributed by atoms with Gasteiger partial charge in [0.15, 0.2) is 0 Å². The van der Waals surface area contributed by atoms with E-state index < -0.39 is 15.8 Å². The molecule has 0 aliphatic heterocycles. The molecular weight excluding hydrogens is 427 g/mol. The summed E-state index contributed by atoms with van der Waals surface area (Å²) in [7, 11) is -3.90. The maximum Gasteiger partial charge on any atom is 0.263 e. The zero-order chi connectivity index (χ0) is 15.8. The van der Waals surface area contributed by atoms with Crippen molar-refractivity contribution in [2.75, 3.05) is 10.5 Å². The molecule has 2 rings (SSSR count). The number of nitrogen functional groups attached to an aromatic ring is 1. The Morgan fingerprint density at radius 1 is 1.14 bits per heavy atom. The first kappa shape index (κ1) is 16.3. The van der Waals surface area contributed by atoms with Crippen LogP contribution in [0.25, 0.3) is 0 Å². The highest BCUT2D eigenvalue weighted by Crippen LogP contribution is 2.30. The third kappa shape index (κ3) is 3.56. The van der Waals surface area contributed by atoms with Gasteiger partial charge in [-0.25, -0.2) is 12.8 Å². The molecule has 2 aromatic carbocycles. The number of sulfonamides is 1. The van der Waals surface area contributed by atoms with Crippen molar-refractivity contribution < 1.29 is 12.8 Å². The third-order valence-corrected chi connectivity index (χ3v) is 5.72. The van der Waals surface area contributed by atoms with Gasteiger partial charge in [-0.05, 0) is 68.6 Å². The summed E-state index contributed by atoms with van der Waals surface area (Å²) < 4.78 is 41.3. The number of aryl methyl sites for hydroxylation is 1. The molecule has 0 aliphatic carbocycles.